The van der Waals surface area contributed by atoms with E-state index in [2.05, 4.69) is 34.6 Å². The van der Waals surface area contributed by atoms with Gasteiger partial charge in [0.1, 0.15) is 0 Å². The molecule has 0 bridgehead atoms. The number of hydrogen-bond donors (Lipinski definition) is 1. The number of carbonyl (C=O) groups is 1. The summed E-state index contributed by atoms with van der Waals surface area (Å²) in [6, 6.07) is 14.3. The number of H-pyrrole nitrogens is 1. The fraction of sp³-hybridized carbons (Fsp3) is 0.167. The van der Waals surface area contributed by atoms with Crippen LogP contribution in [-0.4, -0.2) is 10.8 Å². The van der Waals surface area contributed by atoms with Gasteiger partial charge in [-0.1, -0.05) is 36.4 Å². The van der Waals surface area contributed by atoms with Gasteiger partial charge in [-0.05, 0) is 23.4 Å². The maximum atomic E-state index is 12.6. The Kier molecular flexibility index (Phi) is 3.00. The number of hydrogen-bond acceptors (Lipinski definition) is 2. The lowest BCUT2D eigenvalue weighted by Gasteiger charge is -2.21. The first-order valence-electron chi connectivity index (χ1n) is 7.15. The standard InChI is InChI=1S/C18H15NOS/c20-16-10-13(17-7-4-8-21-17)9-15-18(16)14(11-19-15)12-5-2-1-3-6-12/h1-8,11,13,19H,9-10H2/t13-/m1/s1. The summed E-state index contributed by atoms with van der Waals surface area (Å²) in [5, 5.41) is 2.08. The van der Waals surface area contributed by atoms with Crippen molar-refractivity contribution in [3.8, 4) is 11.1 Å². The van der Waals surface area contributed by atoms with Gasteiger partial charge in [-0.25, -0.2) is 0 Å². The van der Waals surface area contributed by atoms with Crippen molar-refractivity contribution in [2.24, 2.45) is 0 Å². The minimum Gasteiger partial charge on any atom is -0.364 e. The van der Waals surface area contributed by atoms with Gasteiger partial charge in [-0.2, -0.15) is 0 Å². The van der Waals surface area contributed by atoms with Gasteiger partial charge in [0, 0.05) is 40.2 Å². The van der Waals surface area contributed by atoms with E-state index < -0.39 is 0 Å². The molecule has 0 unspecified atom stereocenters. The van der Waals surface area contributed by atoms with Crippen LogP contribution in [0.4, 0.5) is 0 Å². The van der Waals surface area contributed by atoms with Crippen LogP contribution < -0.4 is 0 Å². The third kappa shape index (κ3) is 2.14. The average molecular weight is 293 g/mol. The fourth-order valence-corrected chi connectivity index (χ4v) is 3.99. The molecule has 104 valence electrons. The lowest BCUT2D eigenvalue weighted by Crippen LogP contribution is -2.17. The van der Waals surface area contributed by atoms with Gasteiger partial charge < -0.3 is 4.98 Å². The van der Waals surface area contributed by atoms with Gasteiger partial charge in [-0.15, -0.1) is 11.3 Å². The summed E-state index contributed by atoms with van der Waals surface area (Å²) in [6.07, 6.45) is 3.52. The van der Waals surface area contributed by atoms with Crippen LogP contribution in [0.3, 0.4) is 0 Å². The van der Waals surface area contributed by atoms with Crippen LogP contribution in [0.15, 0.2) is 54.0 Å². The van der Waals surface area contributed by atoms with Gasteiger partial charge in [0.05, 0.1) is 0 Å². The highest BCUT2D eigenvalue weighted by molar-refractivity contribution is 7.10. The first-order valence-corrected chi connectivity index (χ1v) is 8.03. The summed E-state index contributed by atoms with van der Waals surface area (Å²) in [7, 11) is 0. The predicted octanol–water partition coefficient (Wildman–Crippen LogP) is 4.66. The molecule has 0 amide bonds. The molecule has 1 N–H and O–H groups in total. The minimum atomic E-state index is 0.259. The summed E-state index contributed by atoms with van der Waals surface area (Å²) >= 11 is 1.74. The third-order valence-electron chi connectivity index (χ3n) is 4.15. The first-order chi connectivity index (χ1) is 10.3. The quantitative estimate of drug-likeness (QED) is 0.732. The van der Waals surface area contributed by atoms with Crippen molar-refractivity contribution in [2.45, 2.75) is 18.8 Å². The van der Waals surface area contributed by atoms with Crippen LogP contribution in [0.25, 0.3) is 11.1 Å². The number of carbonyl (C=O) groups excluding carboxylic acids is 1. The second-order valence-electron chi connectivity index (χ2n) is 5.47. The molecule has 1 aliphatic carbocycles. The number of aromatic nitrogens is 1. The Morgan fingerprint density at radius 2 is 1.90 bits per heavy atom. The summed E-state index contributed by atoms with van der Waals surface area (Å²) in [6.45, 7) is 0. The van der Waals surface area contributed by atoms with Crippen LogP contribution >= 0.6 is 11.3 Å². The van der Waals surface area contributed by atoms with Crippen molar-refractivity contribution in [3.63, 3.8) is 0 Å². The van der Waals surface area contributed by atoms with E-state index in [0.29, 0.717) is 12.3 Å². The van der Waals surface area contributed by atoms with Crippen LogP contribution in [0.1, 0.15) is 33.3 Å². The fourth-order valence-electron chi connectivity index (χ4n) is 3.16. The smallest absolute Gasteiger partial charge is 0.165 e. The highest BCUT2D eigenvalue weighted by Crippen LogP contribution is 2.38. The van der Waals surface area contributed by atoms with E-state index in [4.69, 9.17) is 0 Å². The Bertz CT molecular complexity index is 771. The molecule has 1 atom stereocenters. The monoisotopic (exact) mass is 293 g/mol. The Morgan fingerprint density at radius 1 is 1.05 bits per heavy atom. The van der Waals surface area contributed by atoms with Crippen molar-refractivity contribution in [3.05, 3.63) is 70.2 Å². The van der Waals surface area contributed by atoms with Gasteiger partial charge in [0.15, 0.2) is 5.78 Å². The maximum Gasteiger partial charge on any atom is 0.165 e. The van der Waals surface area contributed by atoms with Crippen LogP contribution in [0, 0.1) is 0 Å². The molecule has 3 aromatic rings. The number of ketones is 1. The summed E-state index contributed by atoms with van der Waals surface area (Å²) in [5.41, 5.74) is 4.13. The second-order valence-corrected chi connectivity index (χ2v) is 6.44. The number of rotatable bonds is 2. The SMILES string of the molecule is O=C1C[C@H](c2cccs2)Cc2[nH]cc(-c3ccccc3)c21. The molecule has 2 nitrogen and oxygen atoms in total. The van der Waals surface area contributed by atoms with Crippen LogP contribution in [0.5, 0.6) is 0 Å². The zero-order valence-corrected chi connectivity index (χ0v) is 12.3. The van der Waals surface area contributed by atoms with Gasteiger partial charge in [0.2, 0.25) is 0 Å². The zero-order chi connectivity index (χ0) is 14.2. The Balaban J connectivity index is 1.74. The topological polar surface area (TPSA) is 32.9 Å². The van der Waals surface area contributed by atoms with E-state index in [1.165, 1.54) is 4.88 Å². The van der Waals surface area contributed by atoms with Crippen molar-refractivity contribution in [1.29, 1.82) is 0 Å². The van der Waals surface area contributed by atoms with Crippen LogP contribution in [0.2, 0.25) is 0 Å². The van der Waals surface area contributed by atoms with E-state index in [-0.39, 0.29) is 5.78 Å². The van der Waals surface area contributed by atoms with Gasteiger partial charge >= 0.3 is 0 Å². The highest BCUT2D eigenvalue weighted by Gasteiger charge is 2.30. The number of benzene rings is 1. The van der Waals surface area contributed by atoms with Crippen LogP contribution in [-0.2, 0) is 6.42 Å². The molecule has 1 aromatic carbocycles. The Labute approximate surface area is 127 Å². The molecule has 2 aromatic heterocycles. The van der Waals surface area contributed by atoms with E-state index in [9.17, 15) is 4.79 Å². The third-order valence-corrected chi connectivity index (χ3v) is 5.19. The predicted molar refractivity (Wildman–Crippen MR) is 85.9 cm³/mol. The van der Waals surface area contributed by atoms with Gasteiger partial charge in [-0.3, -0.25) is 4.79 Å². The summed E-state index contributed by atoms with van der Waals surface area (Å²) in [4.78, 5) is 17.3. The molecule has 2 heterocycles. The number of aromatic amines is 1. The van der Waals surface area contributed by atoms with E-state index >= 15 is 0 Å². The Hall–Kier alpha value is -2.13. The minimum absolute atomic E-state index is 0.259. The molecule has 3 heteroatoms. The van der Waals surface area contributed by atoms with Gasteiger partial charge in [0.25, 0.3) is 0 Å². The molecule has 0 saturated carbocycles. The average Bonchev–Trinajstić information content (AvgIpc) is 3.17. The normalized spacial score (nSPS) is 17.7. The van der Waals surface area contributed by atoms with Crippen molar-refractivity contribution < 1.29 is 4.79 Å². The van der Waals surface area contributed by atoms with E-state index in [1.807, 2.05) is 24.4 Å². The molecule has 4 rings (SSSR count). The van der Waals surface area contributed by atoms with Crippen molar-refractivity contribution in [2.75, 3.05) is 0 Å². The molecule has 1 aliphatic rings. The summed E-state index contributed by atoms with van der Waals surface area (Å²) < 4.78 is 0. The number of Topliss-reactive ketones (excluding diaryl/α,β-unsaturated/α-hetero) is 1. The second kappa shape index (κ2) is 5.01. The molecular weight excluding hydrogens is 278 g/mol. The van der Waals surface area contributed by atoms with E-state index in [1.54, 1.807) is 11.3 Å². The molecule has 0 radical (unpaired) electrons. The first kappa shape index (κ1) is 12.6. The van der Waals surface area contributed by atoms with E-state index in [0.717, 1.165) is 28.8 Å². The summed E-state index contributed by atoms with van der Waals surface area (Å²) in [5.74, 6) is 0.585. The van der Waals surface area contributed by atoms with Crippen molar-refractivity contribution in [1.82, 2.24) is 4.98 Å². The maximum absolute atomic E-state index is 12.6. The molecule has 21 heavy (non-hydrogen) atoms. The largest absolute Gasteiger partial charge is 0.364 e. The molecular formula is C18H15NOS. The molecule has 0 aliphatic heterocycles. The number of nitrogens with one attached hydrogen (secondary N) is 1. The molecule has 0 spiro atoms. The highest BCUT2D eigenvalue weighted by atomic mass is 32.1. The number of thiophene rings is 1. The molecule has 0 saturated heterocycles. The number of fused-ring (bicyclic) bond motifs is 1. The van der Waals surface area contributed by atoms with Crippen molar-refractivity contribution >= 4 is 17.1 Å². The zero-order valence-electron chi connectivity index (χ0n) is 11.5. The Morgan fingerprint density at radius 3 is 2.67 bits per heavy atom. The lowest BCUT2D eigenvalue weighted by atomic mass is 9.83. The molecule has 0 fully saturated rings. The lowest BCUT2D eigenvalue weighted by molar-refractivity contribution is 0.0965.